The van der Waals surface area contributed by atoms with Crippen LogP contribution in [0.2, 0.25) is 0 Å². The molecule has 4 saturated carbocycles. The van der Waals surface area contributed by atoms with E-state index in [1.807, 2.05) is 97.1 Å². The number of fused-ring (bicyclic) bond motifs is 1. The highest BCUT2D eigenvalue weighted by molar-refractivity contribution is 6.00. The van der Waals surface area contributed by atoms with Crippen molar-refractivity contribution in [2.75, 3.05) is 0 Å². The van der Waals surface area contributed by atoms with Gasteiger partial charge in [-0.1, -0.05) is 109 Å². The zero-order chi connectivity index (χ0) is 37.9. The lowest BCUT2D eigenvalue weighted by molar-refractivity contribution is -0.0281. The Morgan fingerprint density at radius 3 is 1.46 bits per heavy atom. The van der Waals surface area contributed by atoms with Crippen molar-refractivity contribution in [1.82, 2.24) is 15.0 Å². The van der Waals surface area contributed by atoms with Crippen LogP contribution >= 0.6 is 0 Å². The zero-order valence-electron chi connectivity index (χ0n) is 30.8. The molecule has 266 valence electrons. The molecule has 6 heteroatoms. The van der Waals surface area contributed by atoms with Crippen LogP contribution < -0.4 is 0 Å². The third-order valence-electron chi connectivity index (χ3n) is 12.8. The highest BCUT2D eigenvalue weighted by atomic mass is 15.0. The summed E-state index contributed by atoms with van der Waals surface area (Å²) in [5.74, 6) is 2.79. The molecule has 1 aromatic heterocycles. The zero-order valence-corrected chi connectivity index (χ0v) is 30.8. The van der Waals surface area contributed by atoms with E-state index >= 15 is 0 Å². The number of aromatic nitrogens is 3. The summed E-state index contributed by atoms with van der Waals surface area (Å²) in [5.41, 5.74) is 8.58. The summed E-state index contributed by atoms with van der Waals surface area (Å²) < 4.78 is 0. The first-order chi connectivity index (χ1) is 27.5. The fourth-order valence-electron chi connectivity index (χ4n) is 10.9. The van der Waals surface area contributed by atoms with Gasteiger partial charge in [0.05, 0.1) is 34.9 Å². The first-order valence-electron chi connectivity index (χ1n) is 19.4. The van der Waals surface area contributed by atoms with E-state index in [1.54, 1.807) is 0 Å². The summed E-state index contributed by atoms with van der Waals surface area (Å²) in [4.78, 5) is 14.7. The van der Waals surface area contributed by atoms with Crippen LogP contribution in [0.5, 0.6) is 0 Å². The number of rotatable bonds is 6. The van der Waals surface area contributed by atoms with Crippen molar-refractivity contribution < 1.29 is 0 Å². The Balaban J connectivity index is 1.04. The van der Waals surface area contributed by atoms with Crippen LogP contribution in [0.3, 0.4) is 0 Å². The van der Waals surface area contributed by atoms with E-state index in [4.69, 9.17) is 15.0 Å². The van der Waals surface area contributed by atoms with E-state index in [0.717, 1.165) is 65.1 Å². The van der Waals surface area contributed by atoms with E-state index in [1.165, 1.54) is 17.5 Å². The van der Waals surface area contributed by atoms with Gasteiger partial charge in [0.1, 0.15) is 0 Å². The van der Waals surface area contributed by atoms with Crippen LogP contribution in [0.4, 0.5) is 0 Å². The van der Waals surface area contributed by atoms with E-state index in [9.17, 15) is 15.8 Å². The summed E-state index contributed by atoms with van der Waals surface area (Å²) >= 11 is 0. The first-order valence-corrected chi connectivity index (χ1v) is 19.4. The molecule has 6 nitrogen and oxygen atoms in total. The molecule has 56 heavy (non-hydrogen) atoms. The molecule has 0 spiro atoms. The van der Waals surface area contributed by atoms with Gasteiger partial charge in [-0.25, -0.2) is 15.0 Å². The van der Waals surface area contributed by atoms with Crippen LogP contribution in [-0.2, 0) is 10.8 Å². The SMILES string of the molecule is N#Cc1cc(C23CC4CC(C2)CC(c2ccc(-c5ccc(C#N)c6ccccc56)c(C#N)c2)(C4)C3)ccc1-c1nc(-c2ccccc2)nc(-c2ccccc2)n1. The Morgan fingerprint density at radius 2 is 0.911 bits per heavy atom. The minimum absolute atomic E-state index is 0.0458. The van der Waals surface area contributed by atoms with Crippen molar-refractivity contribution in [3.8, 4) is 63.5 Å². The fraction of sp³-hybridized carbons (Fsp3) is 0.200. The van der Waals surface area contributed by atoms with Gasteiger partial charge >= 0.3 is 0 Å². The largest absolute Gasteiger partial charge is 0.208 e. The third kappa shape index (κ3) is 5.47. The van der Waals surface area contributed by atoms with Crippen LogP contribution in [0.1, 0.15) is 66.3 Å². The molecule has 4 fully saturated rings. The molecule has 0 saturated heterocycles. The smallest absolute Gasteiger partial charge is 0.165 e. The Kier molecular flexibility index (Phi) is 7.88. The number of benzene rings is 6. The number of nitriles is 3. The van der Waals surface area contributed by atoms with Crippen LogP contribution in [0, 0.1) is 45.8 Å². The molecule has 0 aliphatic heterocycles. The highest BCUT2D eigenvalue weighted by Crippen LogP contribution is 2.66. The molecular weight excluding hydrogens is 685 g/mol. The van der Waals surface area contributed by atoms with E-state index in [-0.39, 0.29) is 10.8 Å². The average molecular weight is 721 g/mol. The fourth-order valence-corrected chi connectivity index (χ4v) is 10.9. The third-order valence-corrected chi connectivity index (χ3v) is 12.8. The first kappa shape index (κ1) is 33.6. The quantitative estimate of drug-likeness (QED) is 0.169. The highest BCUT2D eigenvalue weighted by Gasteiger charge is 2.58. The molecule has 0 N–H and O–H groups in total. The molecule has 7 aromatic rings. The molecule has 0 radical (unpaired) electrons. The minimum atomic E-state index is -0.0630. The van der Waals surface area contributed by atoms with Gasteiger partial charge < -0.3 is 0 Å². The van der Waals surface area contributed by atoms with E-state index in [0.29, 0.717) is 51.6 Å². The van der Waals surface area contributed by atoms with Crippen LogP contribution in [0.15, 0.2) is 133 Å². The van der Waals surface area contributed by atoms with Crippen LogP contribution in [0.25, 0.3) is 56.1 Å². The predicted molar refractivity (Wildman–Crippen MR) is 218 cm³/mol. The van der Waals surface area contributed by atoms with Gasteiger partial charge in [-0.05, 0) is 108 Å². The lowest BCUT2D eigenvalue weighted by Crippen LogP contribution is -2.56. The molecule has 0 amide bonds. The average Bonchev–Trinajstić information content (AvgIpc) is 3.25. The molecule has 4 aliphatic rings. The summed E-state index contributed by atoms with van der Waals surface area (Å²) in [5, 5.41) is 32.9. The molecule has 11 rings (SSSR count). The summed E-state index contributed by atoms with van der Waals surface area (Å²) in [7, 11) is 0. The van der Waals surface area contributed by atoms with Gasteiger partial charge in [-0.15, -0.1) is 0 Å². The van der Waals surface area contributed by atoms with Gasteiger partial charge in [-0.3, -0.25) is 0 Å². The Hall–Kier alpha value is -6.94. The lowest BCUT2D eigenvalue weighted by Gasteiger charge is -2.63. The predicted octanol–water partition coefficient (Wildman–Crippen LogP) is 11.1. The topological polar surface area (TPSA) is 110 Å². The van der Waals surface area contributed by atoms with Gasteiger partial charge in [0, 0.05) is 27.6 Å². The molecule has 1 heterocycles. The monoisotopic (exact) mass is 720 g/mol. The molecule has 6 aromatic carbocycles. The van der Waals surface area contributed by atoms with Crippen molar-refractivity contribution in [2.24, 2.45) is 11.8 Å². The second kappa shape index (κ2) is 13.1. The van der Waals surface area contributed by atoms with Gasteiger partial charge in [-0.2, -0.15) is 15.8 Å². The van der Waals surface area contributed by atoms with Crippen molar-refractivity contribution >= 4 is 10.8 Å². The number of nitrogens with zero attached hydrogens (tertiary/aromatic N) is 6. The Morgan fingerprint density at radius 1 is 0.446 bits per heavy atom. The molecular formula is C50H36N6. The molecule has 2 atom stereocenters. The number of hydrogen-bond donors (Lipinski definition) is 0. The van der Waals surface area contributed by atoms with Gasteiger partial charge in [0.2, 0.25) is 0 Å². The van der Waals surface area contributed by atoms with Crippen molar-refractivity contribution in [3.05, 3.63) is 161 Å². The van der Waals surface area contributed by atoms with Crippen molar-refractivity contribution in [3.63, 3.8) is 0 Å². The molecule has 4 aliphatic carbocycles. The van der Waals surface area contributed by atoms with Crippen LogP contribution in [-0.4, -0.2) is 15.0 Å². The van der Waals surface area contributed by atoms with Gasteiger partial charge in [0.15, 0.2) is 17.5 Å². The minimum Gasteiger partial charge on any atom is -0.208 e. The standard InChI is InChI=1S/C50H36N6/c51-28-36-15-18-45(44-14-8-7-13-41(36)44)42-19-16-39(22-37(42)29-52)49-24-32-21-33(25-49)27-50(26-32,31-49)40-17-20-43(38(23-40)30-53)48-55-46(34-9-3-1-4-10-34)54-47(56-48)35-11-5-2-6-12-35/h1-20,22-23,32-33H,21,24-27,31H2. The maximum atomic E-state index is 10.7. The molecule has 4 bridgehead atoms. The lowest BCUT2D eigenvalue weighted by atomic mass is 9.41. The number of hydrogen-bond acceptors (Lipinski definition) is 6. The maximum Gasteiger partial charge on any atom is 0.165 e. The maximum absolute atomic E-state index is 10.7. The second-order valence-electron chi connectivity index (χ2n) is 16.1. The normalized spacial score (nSPS) is 21.9. The van der Waals surface area contributed by atoms with Crippen molar-refractivity contribution in [2.45, 2.75) is 49.4 Å². The Bertz CT molecular complexity index is 2750. The second-order valence-corrected chi connectivity index (χ2v) is 16.1. The van der Waals surface area contributed by atoms with E-state index in [2.05, 4.69) is 54.6 Å². The van der Waals surface area contributed by atoms with Gasteiger partial charge in [0.25, 0.3) is 0 Å². The Labute approximate surface area is 326 Å². The summed E-state index contributed by atoms with van der Waals surface area (Å²) in [6, 6.07) is 52.0. The molecule has 2 unspecified atom stereocenters. The van der Waals surface area contributed by atoms with Crippen molar-refractivity contribution in [1.29, 1.82) is 15.8 Å². The summed E-state index contributed by atoms with van der Waals surface area (Å²) in [6.45, 7) is 0. The van der Waals surface area contributed by atoms with E-state index < -0.39 is 0 Å². The summed E-state index contributed by atoms with van der Waals surface area (Å²) in [6.07, 6.45) is 6.68.